The molecule has 1 heterocycles. The van der Waals surface area contributed by atoms with Crippen LogP contribution in [-0.4, -0.2) is 36.0 Å². The Balaban J connectivity index is 1.71. The van der Waals surface area contributed by atoms with Crippen molar-refractivity contribution in [3.8, 4) is 0 Å². The van der Waals surface area contributed by atoms with Gasteiger partial charge in [0.1, 0.15) is 5.82 Å². The summed E-state index contributed by atoms with van der Waals surface area (Å²) in [6.07, 6.45) is 5.48. The number of hydrogen-bond acceptors (Lipinski definition) is 2. The van der Waals surface area contributed by atoms with Gasteiger partial charge in [-0.15, -0.1) is 0 Å². The molecule has 1 aliphatic heterocycles. The minimum Gasteiger partial charge on any atom is -0.353 e. The van der Waals surface area contributed by atoms with Crippen molar-refractivity contribution >= 4 is 11.9 Å². The van der Waals surface area contributed by atoms with Gasteiger partial charge in [0.2, 0.25) is 5.91 Å². The predicted molar refractivity (Wildman–Crippen MR) is 98.0 cm³/mol. The summed E-state index contributed by atoms with van der Waals surface area (Å²) in [5.41, 5.74) is 0.915. The van der Waals surface area contributed by atoms with Crippen molar-refractivity contribution in [2.75, 3.05) is 13.1 Å². The van der Waals surface area contributed by atoms with Gasteiger partial charge in [0.25, 0.3) is 0 Å². The standard InChI is InChI=1S/C20H28FN3O2/c1-2-3-12-22-20(26)24-13-15(19(25)23-17-9-10-17)6-11-18(24)14-4-7-16(21)8-5-14/h4-5,7-8,15,17-18H,2-3,6,9-13H2,1H3,(H,22,26)(H,23,25)/t15-,18-/m1/s1. The van der Waals surface area contributed by atoms with E-state index in [0.29, 0.717) is 25.6 Å². The van der Waals surface area contributed by atoms with Crippen molar-refractivity contribution in [1.82, 2.24) is 15.5 Å². The first-order valence-electron chi connectivity index (χ1n) is 9.68. The number of likely N-dealkylation sites (tertiary alicyclic amines) is 1. The Labute approximate surface area is 154 Å². The Morgan fingerprint density at radius 3 is 2.54 bits per heavy atom. The minimum absolute atomic E-state index is 0.0522. The summed E-state index contributed by atoms with van der Waals surface area (Å²) in [7, 11) is 0. The number of amides is 3. The van der Waals surface area contributed by atoms with Gasteiger partial charge < -0.3 is 15.5 Å². The number of urea groups is 1. The van der Waals surface area contributed by atoms with Crippen LogP contribution in [-0.2, 0) is 4.79 Å². The fourth-order valence-corrected chi connectivity index (χ4v) is 3.46. The maximum Gasteiger partial charge on any atom is 0.317 e. The van der Waals surface area contributed by atoms with E-state index >= 15 is 0 Å². The SMILES string of the molecule is CCCCNC(=O)N1C[C@H](C(=O)NC2CC2)CC[C@@H]1c1ccc(F)cc1. The van der Waals surface area contributed by atoms with Crippen LogP contribution in [0, 0.1) is 11.7 Å². The quantitative estimate of drug-likeness (QED) is 0.763. The van der Waals surface area contributed by atoms with Crippen LogP contribution in [0.2, 0.25) is 0 Å². The Morgan fingerprint density at radius 1 is 1.15 bits per heavy atom. The van der Waals surface area contributed by atoms with Crippen molar-refractivity contribution in [2.45, 2.75) is 57.5 Å². The van der Waals surface area contributed by atoms with E-state index < -0.39 is 0 Å². The predicted octanol–water partition coefficient (Wildman–Crippen LogP) is 3.37. The van der Waals surface area contributed by atoms with E-state index in [1.807, 2.05) is 0 Å². The normalized spacial score (nSPS) is 22.8. The average Bonchev–Trinajstić information content (AvgIpc) is 3.46. The first kappa shape index (κ1) is 18.7. The molecule has 2 atom stereocenters. The van der Waals surface area contributed by atoms with Crippen molar-refractivity contribution in [1.29, 1.82) is 0 Å². The summed E-state index contributed by atoms with van der Waals surface area (Å²) in [4.78, 5) is 26.9. The molecule has 1 saturated carbocycles. The highest BCUT2D eigenvalue weighted by Crippen LogP contribution is 2.34. The van der Waals surface area contributed by atoms with Gasteiger partial charge in [0.05, 0.1) is 12.0 Å². The van der Waals surface area contributed by atoms with Crippen molar-refractivity contribution in [3.63, 3.8) is 0 Å². The number of benzene rings is 1. The molecule has 6 heteroatoms. The van der Waals surface area contributed by atoms with Gasteiger partial charge in [0.15, 0.2) is 0 Å². The third-order valence-corrected chi connectivity index (χ3v) is 5.20. The van der Waals surface area contributed by atoms with E-state index in [-0.39, 0.29) is 29.7 Å². The summed E-state index contributed by atoms with van der Waals surface area (Å²) in [5.74, 6) is -0.411. The zero-order valence-corrected chi connectivity index (χ0v) is 15.3. The van der Waals surface area contributed by atoms with Gasteiger partial charge in [-0.1, -0.05) is 25.5 Å². The Morgan fingerprint density at radius 2 is 1.88 bits per heavy atom. The summed E-state index contributed by atoms with van der Waals surface area (Å²) >= 11 is 0. The van der Waals surface area contributed by atoms with Crippen LogP contribution in [0.4, 0.5) is 9.18 Å². The lowest BCUT2D eigenvalue weighted by molar-refractivity contribution is -0.126. The first-order chi connectivity index (χ1) is 12.6. The number of halogens is 1. The number of rotatable bonds is 6. The van der Waals surface area contributed by atoms with Gasteiger partial charge in [-0.25, -0.2) is 9.18 Å². The number of unbranched alkanes of at least 4 members (excludes halogenated alkanes) is 1. The smallest absolute Gasteiger partial charge is 0.317 e. The molecule has 0 radical (unpaired) electrons. The highest BCUT2D eigenvalue weighted by molar-refractivity contribution is 5.81. The fourth-order valence-electron chi connectivity index (χ4n) is 3.46. The number of nitrogens with one attached hydrogen (secondary N) is 2. The zero-order valence-electron chi connectivity index (χ0n) is 15.3. The third-order valence-electron chi connectivity index (χ3n) is 5.20. The molecule has 3 rings (SSSR count). The summed E-state index contributed by atoms with van der Waals surface area (Å²) in [6, 6.07) is 6.37. The zero-order chi connectivity index (χ0) is 18.5. The van der Waals surface area contributed by atoms with Gasteiger partial charge in [-0.05, 0) is 49.8 Å². The molecule has 26 heavy (non-hydrogen) atoms. The number of carbonyl (C=O) groups excluding carboxylic acids is 2. The van der Waals surface area contributed by atoms with Gasteiger partial charge >= 0.3 is 6.03 Å². The van der Waals surface area contributed by atoms with Crippen molar-refractivity contribution < 1.29 is 14.0 Å². The monoisotopic (exact) mass is 361 g/mol. The molecule has 0 unspecified atom stereocenters. The van der Waals surface area contributed by atoms with Gasteiger partial charge in [0, 0.05) is 19.1 Å². The number of hydrogen-bond donors (Lipinski definition) is 2. The lowest BCUT2D eigenvalue weighted by Gasteiger charge is -2.39. The largest absolute Gasteiger partial charge is 0.353 e. The maximum atomic E-state index is 13.3. The van der Waals surface area contributed by atoms with E-state index in [9.17, 15) is 14.0 Å². The Hall–Kier alpha value is -2.11. The van der Waals surface area contributed by atoms with Crippen LogP contribution in [0.1, 0.15) is 57.1 Å². The second kappa shape index (κ2) is 8.52. The molecule has 1 saturated heterocycles. The topological polar surface area (TPSA) is 61.4 Å². The van der Waals surface area contributed by atoms with Crippen LogP contribution in [0.3, 0.4) is 0 Å². The van der Waals surface area contributed by atoms with Crippen LogP contribution in [0.15, 0.2) is 24.3 Å². The molecule has 2 N–H and O–H groups in total. The molecule has 0 bridgehead atoms. The summed E-state index contributed by atoms with van der Waals surface area (Å²) in [6.45, 7) is 3.10. The first-order valence-corrected chi connectivity index (χ1v) is 9.68. The average molecular weight is 361 g/mol. The molecule has 0 spiro atoms. The number of piperidine rings is 1. The molecule has 0 aromatic heterocycles. The van der Waals surface area contributed by atoms with Crippen LogP contribution < -0.4 is 10.6 Å². The second-order valence-electron chi connectivity index (χ2n) is 7.36. The van der Waals surface area contributed by atoms with Crippen molar-refractivity contribution in [3.05, 3.63) is 35.6 Å². The summed E-state index contributed by atoms with van der Waals surface area (Å²) in [5, 5.41) is 6.01. The molecule has 2 aliphatic rings. The summed E-state index contributed by atoms with van der Waals surface area (Å²) < 4.78 is 13.3. The molecule has 2 fully saturated rings. The van der Waals surface area contributed by atoms with Gasteiger partial charge in [-0.2, -0.15) is 0 Å². The highest BCUT2D eigenvalue weighted by Gasteiger charge is 2.37. The number of carbonyl (C=O) groups is 2. The molecular weight excluding hydrogens is 333 g/mol. The lowest BCUT2D eigenvalue weighted by Crippen LogP contribution is -2.50. The third kappa shape index (κ3) is 4.74. The Kier molecular flexibility index (Phi) is 6.12. The minimum atomic E-state index is -0.287. The Bertz CT molecular complexity index is 630. The molecule has 142 valence electrons. The molecule has 5 nitrogen and oxygen atoms in total. The molecular formula is C20H28FN3O2. The van der Waals surface area contributed by atoms with E-state index in [0.717, 1.165) is 37.7 Å². The van der Waals surface area contributed by atoms with Crippen LogP contribution in [0.25, 0.3) is 0 Å². The van der Waals surface area contributed by atoms with Crippen molar-refractivity contribution in [2.24, 2.45) is 5.92 Å². The maximum absolute atomic E-state index is 13.3. The fraction of sp³-hybridized carbons (Fsp3) is 0.600. The second-order valence-corrected chi connectivity index (χ2v) is 7.36. The van der Waals surface area contributed by atoms with Crippen LogP contribution >= 0.6 is 0 Å². The van der Waals surface area contributed by atoms with E-state index in [1.54, 1.807) is 17.0 Å². The molecule has 1 aromatic carbocycles. The lowest BCUT2D eigenvalue weighted by atomic mass is 9.88. The van der Waals surface area contributed by atoms with Gasteiger partial charge in [-0.3, -0.25) is 4.79 Å². The van der Waals surface area contributed by atoms with E-state index in [1.165, 1.54) is 12.1 Å². The highest BCUT2D eigenvalue weighted by atomic mass is 19.1. The molecule has 3 amide bonds. The molecule has 1 aromatic rings. The molecule has 1 aliphatic carbocycles. The number of nitrogens with zero attached hydrogens (tertiary/aromatic N) is 1. The van der Waals surface area contributed by atoms with Crippen LogP contribution in [0.5, 0.6) is 0 Å². The van der Waals surface area contributed by atoms with E-state index in [2.05, 4.69) is 17.6 Å². The van der Waals surface area contributed by atoms with E-state index in [4.69, 9.17) is 0 Å².